The van der Waals surface area contributed by atoms with Crippen molar-refractivity contribution in [3.8, 4) is 0 Å². The molecule has 2 bridgehead atoms. The molecule has 0 radical (unpaired) electrons. The van der Waals surface area contributed by atoms with Crippen LogP contribution in [0, 0.1) is 5.92 Å². The number of hydrogen-bond acceptors (Lipinski definition) is 2. The zero-order chi connectivity index (χ0) is 16.5. The van der Waals surface area contributed by atoms with E-state index in [1.807, 2.05) is 30.3 Å². The summed E-state index contributed by atoms with van der Waals surface area (Å²) in [5, 5.41) is 0. The molecule has 2 aromatic rings. The fourth-order valence-corrected chi connectivity index (χ4v) is 4.86. The van der Waals surface area contributed by atoms with Gasteiger partial charge in [-0.05, 0) is 37.8 Å². The normalized spacial score (nSPS) is 30.0. The standard InChI is InChI=1S/C22H25NO/c1-23-18-13-8-14-20(23)21(22(24)17-11-6-3-7-12-17)19(15-18)16-9-4-2-5-10-16/h2-7,9-12,18-21H,8,13-15H2,1H3/t18?,19-,20?,21-/m1/s1. The van der Waals surface area contributed by atoms with Crippen LogP contribution in [0.15, 0.2) is 60.7 Å². The van der Waals surface area contributed by atoms with E-state index < -0.39 is 0 Å². The highest BCUT2D eigenvalue weighted by Crippen LogP contribution is 2.45. The predicted molar refractivity (Wildman–Crippen MR) is 97.3 cm³/mol. The summed E-state index contributed by atoms with van der Waals surface area (Å²) in [6.07, 6.45) is 4.75. The Morgan fingerprint density at radius 2 is 1.62 bits per heavy atom. The van der Waals surface area contributed by atoms with Crippen molar-refractivity contribution in [3.63, 3.8) is 0 Å². The predicted octanol–water partition coefficient (Wildman–Crippen LogP) is 4.53. The van der Waals surface area contributed by atoms with Crippen LogP contribution in [0.1, 0.15) is 47.5 Å². The SMILES string of the molecule is CN1C2CCCC1[C@H](C(=O)c1ccccc1)[C@@H](c1ccccc1)C2. The first-order chi connectivity index (χ1) is 11.8. The minimum absolute atomic E-state index is 0.0661. The third-order valence-corrected chi connectivity index (χ3v) is 6.10. The summed E-state index contributed by atoms with van der Waals surface area (Å²) in [7, 11) is 2.22. The van der Waals surface area contributed by atoms with Gasteiger partial charge in [0.2, 0.25) is 0 Å². The zero-order valence-electron chi connectivity index (χ0n) is 14.3. The molecule has 2 fully saturated rings. The maximum Gasteiger partial charge on any atom is 0.168 e. The number of Topliss-reactive ketones (excluding diaryl/α,β-unsaturated/α-hetero) is 1. The molecule has 0 N–H and O–H groups in total. The quantitative estimate of drug-likeness (QED) is 0.775. The maximum atomic E-state index is 13.4. The Hall–Kier alpha value is -1.93. The number of ketones is 1. The molecule has 4 atom stereocenters. The van der Waals surface area contributed by atoms with E-state index in [-0.39, 0.29) is 5.92 Å². The van der Waals surface area contributed by atoms with Crippen LogP contribution >= 0.6 is 0 Å². The molecule has 0 amide bonds. The van der Waals surface area contributed by atoms with Gasteiger partial charge in [-0.1, -0.05) is 67.1 Å². The van der Waals surface area contributed by atoms with Crippen LogP contribution in [0.4, 0.5) is 0 Å². The van der Waals surface area contributed by atoms with Gasteiger partial charge >= 0.3 is 0 Å². The number of hydrogen-bond donors (Lipinski definition) is 0. The highest BCUT2D eigenvalue weighted by atomic mass is 16.1. The van der Waals surface area contributed by atoms with E-state index in [4.69, 9.17) is 0 Å². The first-order valence-corrected chi connectivity index (χ1v) is 9.12. The van der Waals surface area contributed by atoms with E-state index >= 15 is 0 Å². The van der Waals surface area contributed by atoms with Gasteiger partial charge in [0.25, 0.3) is 0 Å². The molecule has 2 aliphatic rings. The number of nitrogens with zero attached hydrogens (tertiary/aromatic N) is 1. The Kier molecular flexibility index (Phi) is 4.24. The molecule has 2 aromatic carbocycles. The second-order valence-electron chi connectivity index (χ2n) is 7.33. The first-order valence-electron chi connectivity index (χ1n) is 9.12. The van der Waals surface area contributed by atoms with Crippen molar-refractivity contribution in [2.24, 2.45) is 5.92 Å². The Morgan fingerprint density at radius 1 is 0.958 bits per heavy atom. The van der Waals surface area contributed by atoms with Crippen LogP contribution in [-0.2, 0) is 0 Å². The lowest BCUT2D eigenvalue weighted by molar-refractivity contribution is 0.0123. The number of carbonyl (C=O) groups is 1. The molecule has 24 heavy (non-hydrogen) atoms. The van der Waals surface area contributed by atoms with Gasteiger partial charge in [-0.25, -0.2) is 0 Å². The van der Waals surface area contributed by atoms with Gasteiger partial charge in [0.1, 0.15) is 0 Å². The fraction of sp³-hybridized carbons (Fsp3) is 0.409. The van der Waals surface area contributed by atoms with Gasteiger partial charge in [0, 0.05) is 23.6 Å². The third kappa shape index (κ3) is 2.69. The van der Waals surface area contributed by atoms with E-state index in [9.17, 15) is 4.79 Å². The van der Waals surface area contributed by atoms with Crippen LogP contribution in [0.2, 0.25) is 0 Å². The molecule has 2 heteroatoms. The van der Waals surface area contributed by atoms with Crippen LogP contribution in [0.5, 0.6) is 0 Å². The molecule has 0 saturated carbocycles. The molecule has 124 valence electrons. The lowest BCUT2D eigenvalue weighted by Gasteiger charge is -2.51. The van der Waals surface area contributed by atoms with Crippen LogP contribution < -0.4 is 0 Å². The average molecular weight is 319 g/mol. The lowest BCUT2D eigenvalue weighted by atomic mass is 9.66. The van der Waals surface area contributed by atoms with Crippen LogP contribution in [0.25, 0.3) is 0 Å². The topological polar surface area (TPSA) is 20.3 Å². The highest BCUT2D eigenvalue weighted by molar-refractivity contribution is 5.99. The smallest absolute Gasteiger partial charge is 0.168 e. The number of piperidine rings is 2. The lowest BCUT2D eigenvalue weighted by Crippen LogP contribution is -2.56. The Morgan fingerprint density at radius 3 is 2.33 bits per heavy atom. The van der Waals surface area contributed by atoms with Crippen LogP contribution in [0.3, 0.4) is 0 Å². The molecular weight excluding hydrogens is 294 g/mol. The minimum atomic E-state index is 0.0661. The number of fused-ring (bicyclic) bond motifs is 2. The second-order valence-corrected chi connectivity index (χ2v) is 7.33. The molecule has 2 unspecified atom stereocenters. The van der Waals surface area contributed by atoms with E-state index in [0.717, 1.165) is 18.4 Å². The molecular formula is C22H25NO. The highest BCUT2D eigenvalue weighted by Gasteiger charge is 2.46. The summed E-state index contributed by atoms with van der Waals surface area (Å²) >= 11 is 0. The van der Waals surface area contributed by atoms with E-state index in [2.05, 4.69) is 42.3 Å². The van der Waals surface area contributed by atoms with E-state index in [1.165, 1.54) is 18.4 Å². The largest absolute Gasteiger partial charge is 0.300 e. The molecule has 4 rings (SSSR count). The van der Waals surface area contributed by atoms with Gasteiger partial charge in [-0.2, -0.15) is 0 Å². The Bertz CT molecular complexity index is 696. The van der Waals surface area contributed by atoms with Crippen LogP contribution in [-0.4, -0.2) is 29.8 Å². The van der Waals surface area contributed by atoms with Crippen molar-refractivity contribution in [3.05, 3.63) is 71.8 Å². The molecule has 2 aliphatic heterocycles. The fourth-order valence-electron chi connectivity index (χ4n) is 4.86. The summed E-state index contributed by atoms with van der Waals surface area (Å²) in [6, 6.07) is 21.5. The van der Waals surface area contributed by atoms with Crippen molar-refractivity contribution in [2.75, 3.05) is 7.05 Å². The maximum absolute atomic E-state index is 13.4. The summed E-state index contributed by atoms with van der Waals surface area (Å²) < 4.78 is 0. The summed E-state index contributed by atoms with van der Waals surface area (Å²) in [6.45, 7) is 0. The molecule has 2 saturated heterocycles. The average Bonchev–Trinajstić information content (AvgIpc) is 2.63. The van der Waals surface area contributed by atoms with Gasteiger partial charge in [0.05, 0.1) is 0 Å². The van der Waals surface area contributed by atoms with Crippen molar-refractivity contribution in [2.45, 2.75) is 43.7 Å². The molecule has 0 aliphatic carbocycles. The van der Waals surface area contributed by atoms with E-state index in [1.54, 1.807) is 0 Å². The van der Waals surface area contributed by atoms with E-state index in [0.29, 0.717) is 23.8 Å². The molecule has 2 heterocycles. The number of rotatable bonds is 3. The zero-order valence-corrected chi connectivity index (χ0v) is 14.3. The number of benzene rings is 2. The van der Waals surface area contributed by atoms with Gasteiger partial charge < -0.3 is 0 Å². The number of carbonyl (C=O) groups excluding carboxylic acids is 1. The molecule has 2 nitrogen and oxygen atoms in total. The summed E-state index contributed by atoms with van der Waals surface area (Å²) in [5.41, 5.74) is 2.19. The molecule has 0 aromatic heterocycles. The Labute approximate surface area is 144 Å². The van der Waals surface area contributed by atoms with Gasteiger partial charge in [-0.15, -0.1) is 0 Å². The summed E-state index contributed by atoms with van der Waals surface area (Å²) in [4.78, 5) is 15.9. The van der Waals surface area contributed by atoms with Crippen molar-refractivity contribution < 1.29 is 4.79 Å². The third-order valence-electron chi connectivity index (χ3n) is 6.10. The minimum Gasteiger partial charge on any atom is -0.300 e. The van der Waals surface area contributed by atoms with Gasteiger partial charge in [-0.3, -0.25) is 9.69 Å². The van der Waals surface area contributed by atoms with Crippen molar-refractivity contribution >= 4 is 5.78 Å². The Balaban J connectivity index is 1.74. The first kappa shape index (κ1) is 15.6. The van der Waals surface area contributed by atoms with Crippen molar-refractivity contribution in [1.82, 2.24) is 4.90 Å². The van der Waals surface area contributed by atoms with Gasteiger partial charge in [0.15, 0.2) is 5.78 Å². The molecule has 0 spiro atoms. The van der Waals surface area contributed by atoms with Crippen molar-refractivity contribution in [1.29, 1.82) is 0 Å². The summed E-state index contributed by atoms with van der Waals surface area (Å²) in [5.74, 6) is 0.725. The monoisotopic (exact) mass is 319 g/mol. The second kappa shape index (κ2) is 6.52.